The Morgan fingerprint density at radius 2 is 1.81 bits per heavy atom. The van der Waals surface area contributed by atoms with Gasteiger partial charge in [0.05, 0.1) is 12.7 Å². The van der Waals surface area contributed by atoms with Gasteiger partial charge in [-0.1, -0.05) is 0 Å². The van der Waals surface area contributed by atoms with Gasteiger partial charge in [-0.3, -0.25) is 9.09 Å². The summed E-state index contributed by atoms with van der Waals surface area (Å²) >= 11 is 0. The maximum atomic E-state index is 11.6. The van der Waals surface area contributed by atoms with Crippen LogP contribution in [0, 0.1) is 0 Å². The summed E-state index contributed by atoms with van der Waals surface area (Å²) in [6.45, 7) is -0.554. The van der Waals surface area contributed by atoms with E-state index in [1.807, 2.05) is 0 Å². The Hall–Kier alpha value is -0.950. The Kier molecular flexibility index (Phi) is 8.48. The normalized spacial score (nSPS) is 17.8. The first kappa shape index (κ1) is 24.1. The topological polar surface area (TPSA) is 230 Å². The number of phosphoric acid groups is 3. The van der Waals surface area contributed by atoms with Gasteiger partial charge in [0.2, 0.25) is 0 Å². The molecule has 0 spiro atoms. The summed E-state index contributed by atoms with van der Waals surface area (Å²) in [5.74, 6) is 0.0344. The van der Waals surface area contributed by atoms with Crippen molar-refractivity contribution in [3.63, 3.8) is 0 Å². The Labute approximate surface area is 152 Å². The minimum absolute atomic E-state index is 0.0344. The molecule has 0 amide bonds. The third kappa shape index (κ3) is 9.70. The Morgan fingerprint density at radius 3 is 2.33 bits per heavy atom. The molecule has 15 nitrogen and oxygen atoms in total. The standard InChI is InChI=1S/C9H18N3O12P3/c1-21-7(2-4-12-5-3-8(10)11-9(12)13)6-22-26(17,18)24-27(19,20)23-25(14,15)16/h3,5,7H,2,4,6H2,1H3,(H,17,18)(H,19,20)(H2,10,11,13)(H2,14,15,16)/t7-/m0/s1. The highest BCUT2D eigenvalue weighted by Crippen LogP contribution is 2.66. The fourth-order valence-electron chi connectivity index (χ4n) is 1.65. The number of anilines is 1. The SMILES string of the molecule is CO[C@@H](CCn1ccc(N)nc1=O)COP(=O)(O)OP(=O)(O)OP(=O)(O)O. The molecule has 1 aromatic heterocycles. The summed E-state index contributed by atoms with van der Waals surface area (Å²) in [5, 5.41) is 0. The predicted octanol–water partition coefficient (Wildman–Crippen LogP) is -0.426. The lowest BCUT2D eigenvalue weighted by Gasteiger charge is -2.19. The summed E-state index contributed by atoms with van der Waals surface area (Å²) in [5.41, 5.74) is 4.72. The number of phosphoric ester groups is 1. The van der Waals surface area contributed by atoms with Crippen molar-refractivity contribution in [1.82, 2.24) is 9.55 Å². The lowest BCUT2D eigenvalue weighted by Crippen LogP contribution is -2.27. The number of nitrogens with two attached hydrogens (primary N) is 1. The molecule has 0 aliphatic carbocycles. The van der Waals surface area contributed by atoms with Gasteiger partial charge in [0.15, 0.2) is 0 Å². The number of rotatable bonds is 11. The minimum atomic E-state index is -5.59. The first-order valence-corrected chi connectivity index (χ1v) is 11.4. The quantitative estimate of drug-likeness (QED) is 0.268. The van der Waals surface area contributed by atoms with Crippen LogP contribution in [0.3, 0.4) is 0 Å². The van der Waals surface area contributed by atoms with Crippen LogP contribution < -0.4 is 11.4 Å². The van der Waals surface area contributed by atoms with Gasteiger partial charge in [0.25, 0.3) is 0 Å². The molecule has 0 radical (unpaired) electrons. The lowest BCUT2D eigenvalue weighted by atomic mass is 10.2. The molecule has 1 aromatic rings. The molecule has 0 aliphatic heterocycles. The molecule has 27 heavy (non-hydrogen) atoms. The van der Waals surface area contributed by atoms with Crippen molar-refractivity contribution in [3.05, 3.63) is 22.7 Å². The molecular weight excluding hydrogens is 435 g/mol. The van der Waals surface area contributed by atoms with Gasteiger partial charge in [-0.15, -0.1) is 0 Å². The number of hydrogen-bond donors (Lipinski definition) is 5. The molecule has 0 aliphatic rings. The second-order valence-corrected chi connectivity index (χ2v) is 9.28. The monoisotopic (exact) mass is 453 g/mol. The Morgan fingerprint density at radius 1 is 1.19 bits per heavy atom. The summed E-state index contributed by atoms with van der Waals surface area (Å²) in [6, 6.07) is 1.38. The average Bonchev–Trinajstić information content (AvgIpc) is 2.45. The van der Waals surface area contributed by atoms with E-state index in [4.69, 9.17) is 25.2 Å². The second-order valence-electron chi connectivity index (χ2n) is 4.86. The van der Waals surface area contributed by atoms with Crippen LogP contribution in [-0.2, 0) is 38.1 Å². The first-order chi connectivity index (χ1) is 12.2. The molecule has 1 rings (SSSR count). The van der Waals surface area contributed by atoms with E-state index in [1.54, 1.807) is 0 Å². The predicted molar refractivity (Wildman–Crippen MR) is 88.1 cm³/mol. The highest BCUT2D eigenvalue weighted by atomic mass is 31.3. The number of nitrogens with zero attached hydrogens (tertiary/aromatic N) is 2. The number of nitrogen functional groups attached to an aromatic ring is 1. The molecule has 1 heterocycles. The molecule has 0 fully saturated rings. The average molecular weight is 453 g/mol. The fourth-order valence-corrected chi connectivity index (χ4v) is 4.69. The number of hydrogen-bond acceptors (Lipinski definition) is 10. The van der Waals surface area contributed by atoms with E-state index in [0.717, 1.165) is 0 Å². The number of aryl methyl sites for hydroxylation is 1. The van der Waals surface area contributed by atoms with E-state index in [2.05, 4.69) is 18.1 Å². The van der Waals surface area contributed by atoms with Gasteiger partial charge in [-0.2, -0.15) is 13.6 Å². The van der Waals surface area contributed by atoms with Gasteiger partial charge in [-0.05, 0) is 12.5 Å². The minimum Gasteiger partial charge on any atom is -0.383 e. The third-order valence-corrected chi connectivity index (χ3v) is 6.56. The summed E-state index contributed by atoms with van der Waals surface area (Å²) in [7, 11) is -15.1. The van der Waals surface area contributed by atoms with E-state index in [-0.39, 0.29) is 18.8 Å². The molecule has 156 valence electrons. The molecule has 6 N–H and O–H groups in total. The zero-order chi connectivity index (χ0) is 20.9. The highest BCUT2D eigenvalue weighted by molar-refractivity contribution is 7.66. The van der Waals surface area contributed by atoms with Crippen LogP contribution in [0.15, 0.2) is 17.1 Å². The van der Waals surface area contributed by atoms with Crippen LogP contribution >= 0.6 is 23.5 Å². The maximum absolute atomic E-state index is 11.6. The summed E-state index contributed by atoms with van der Waals surface area (Å²) in [4.78, 5) is 50.3. The molecule has 0 aromatic carbocycles. The van der Waals surface area contributed by atoms with Gasteiger partial charge in [0, 0.05) is 19.9 Å². The van der Waals surface area contributed by atoms with Crippen molar-refractivity contribution in [3.8, 4) is 0 Å². The van der Waals surface area contributed by atoms with Gasteiger partial charge in [0.1, 0.15) is 5.82 Å². The van der Waals surface area contributed by atoms with Crippen LogP contribution in [0.2, 0.25) is 0 Å². The van der Waals surface area contributed by atoms with Crippen LogP contribution in [0.1, 0.15) is 6.42 Å². The zero-order valence-electron chi connectivity index (χ0n) is 13.7. The molecule has 0 bridgehead atoms. The smallest absolute Gasteiger partial charge is 0.383 e. The van der Waals surface area contributed by atoms with E-state index in [9.17, 15) is 23.4 Å². The first-order valence-electron chi connectivity index (χ1n) is 6.87. The third-order valence-electron chi connectivity index (χ3n) is 2.76. The molecule has 0 saturated carbocycles. The van der Waals surface area contributed by atoms with Crippen molar-refractivity contribution in [2.24, 2.45) is 0 Å². The van der Waals surface area contributed by atoms with Crippen LogP contribution in [-0.4, -0.2) is 48.9 Å². The van der Waals surface area contributed by atoms with Crippen molar-refractivity contribution in [1.29, 1.82) is 0 Å². The van der Waals surface area contributed by atoms with Crippen molar-refractivity contribution in [2.75, 3.05) is 19.5 Å². The van der Waals surface area contributed by atoms with Crippen molar-refractivity contribution >= 4 is 29.3 Å². The van der Waals surface area contributed by atoms with Crippen molar-refractivity contribution < 1.29 is 51.2 Å². The molecular formula is C9H18N3O12P3. The number of methoxy groups -OCH3 is 1. The molecule has 2 unspecified atom stereocenters. The summed E-state index contributed by atoms with van der Waals surface area (Å²) in [6.07, 6.45) is 0.608. The van der Waals surface area contributed by atoms with Gasteiger partial charge >= 0.3 is 29.2 Å². The number of aromatic nitrogens is 2. The molecule has 18 heteroatoms. The van der Waals surface area contributed by atoms with E-state index < -0.39 is 41.9 Å². The van der Waals surface area contributed by atoms with E-state index in [0.29, 0.717) is 0 Å². The Balaban J connectivity index is 2.62. The van der Waals surface area contributed by atoms with Gasteiger partial charge in [-0.25, -0.2) is 18.5 Å². The van der Waals surface area contributed by atoms with Crippen LogP contribution in [0.25, 0.3) is 0 Å². The fraction of sp³-hybridized carbons (Fsp3) is 0.556. The zero-order valence-corrected chi connectivity index (χ0v) is 16.4. The second kappa shape index (κ2) is 9.50. The lowest BCUT2D eigenvalue weighted by molar-refractivity contribution is 0.0370. The van der Waals surface area contributed by atoms with Crippen LogP contribution in [0.4, 0.5) is 5.82 Å². The summed E-state index contributed by atoms with van der Waals surface area (Å²) < 4.78 is 51.1. The Bertz CT molecular complexity index is 837. The number of ether oxygens (including phenoxy) is 1. The maximum Gasteiger partial charge on any atom is 0.490 e. The van der Waals surface area contributed by atoms with E-state index >= 15 is 0 Å². The molecule has 3 atom stereocenters. The largest absolute Gasteiger partial charge is 0.490 e. The van der Waals surface area contributed by atoms with Crippen molar-refractivity contribution in [2.45, 2.75) is 19.1 Å². The highest BCUT2D eigenvalue weighted by Gasteiger charge is 2.40. The van der Waals surface area contributed by atoms with E-state index in [1.165, 1.54) is 23.9 Å². The molecule has 0 saturated heterocycles. The van der Waals surface area contributed by atoms with Gasteiger partial charge < -0.3 is 30.0 Å². The van der Waals surface area contributed by atoms with Crippen LogP contribution in [0.5, 0.6) is 0 Å².